The van der Waals surface area contributed by atoms with Gasteiger partial charge < -0.3 is 20.4 Å². The molecular weight excluding hydrogens is 553 g/mol. The Morgan fingerprint density at radius 1 is 1.00 bits per heavy atom. The van der Waals surface area contributed by atoms with Crippen LogP contribution in [-0.4, -0.2) is 46.3 Å². The van der Waals surface area contributed by atoms with E-state index in [1.165, 1.54) is 12.1 Å². The number of anilines is 2. The Balaban J connectivity index is 1.35. The minimum Gasteiger partial charge on any atom is -0.480 e. The van der Waals surface area contributed by atoms with Crippen LogP contribution in [0.2, 0.25) is 0 Å². The first-order valence-electron chi connectivity index (χ1n) is 13.7. The Bertz CT molecular complexity index is 1500. The normalized spacial score (nSPS) is 27.5. The molecule has 7 rings (SSSR count). The largest absolute Gasteiger partial charge is 0.480 e. The topological polar surface area (TPSA) is 89.9 Å². The van der Waals surface area contributed by atoms with Gasteiger partial charge in [-0.1, -0.05) is 30.3 Å². The van der Waals surface area contributed by atoms with E-state index < -0.39 is 34.4 Å². The Hall–Kier alpha value is -3.24. The van der Waals surface area contributed by atoms with Gasteiger partial charge in [0.2, 0.25) is 0 Å². The third-order valence-electron chi connectivity index (χ3n) is 9.15. The maximum Gasteiger partial charge on any atom is 0.446 e. The molecule has 0 saturated heterocycles. The molecule has 0 heterocycles. The number of alkyl halides is 3. The lowest BCUT2D eigenvalue weighted by Gasteiger charge is -2.61. The van der Waals surface area contributed by atoms with Crippen molar-refractivity contribution >= 4 is 45.8 Å². The predicted octanol–water partition coefficient (Wildman–Crippen LogP) is 6.73. The fraction of sp³-hybridized carbons (Fsp3) is 0.419. The Morgan fingerprint density at radius 2 is 1.66 bits per heavy atom. The molecule has 6 nitrogen and oxygen atoms in total. The second kappa shape index (κ2) is 9.94. The van der Waals surface area contributed by atoms with Gasteiger partial charge in [-0.15, -0.1) is 0 Å². The molecule has 3 aromatic rings. The number of nitrogens with one attached hydrogen (secondary N) is 1. The number of benzene rings is 3. The summed E-state index contributed by atoms with van der Waals surface area (Å²) in [5.41, 5.74) is -4.65. The summed E-state index contributed by atoms with van der Waals surface area (Å²) in [7, 11) is 1.73. The van der Waals surface area contributed by atoms with E-state index in [9.17, 15) is 33.0 Å². The zero-order valence-corrected chi connectivity index (χ0v) is 23.3. The molecule has 0 radical (unpaired) electrons. The first kappa shape index (κ1) is 27.9. The maximum atomic E-state index is 14.0. The van der Waals surface area contributed by atoms with Crippen molar-refractivity contribution in [2.45, 2.75) is 60.6 Å². The van der Waals surface area contributed by atoms with Crippen LogP contribution in [0.4, 0.5) is 24.5 Å². The third-order valence-corrected chi connectivity index (χ3v) is 9.89. The number of hydrogen-bond acceptors (Lipinski definition) is 5. The van der Waals surface area contributed by atoms with Gasteiger partial charge in [-0.05, 0) is 97.8 Å². The number of rotatable bonds is 7. The van der Waals surface area contributed by atoms with E-state index >= 15 is 0 Å². The fourth-order valence-corrected chi connectivity index (χ4v) is 8.65. The molecular formula is C31H31F3N2O4S. The van der Waals surface area contributed by atoms with Crippen LogP contribution >= 0.6 is 11.8 Å². The number of aliphatic hydroxyl groups is 1. The molecule has 3 N–H and O–H groups in total. The highest BCUT2D eigenvalue weighted by Gasteiger charge is 2.61. The molecule has 4 bridgehead atoms. The standard InChI is InChI=1S/C31H31F3N2O4S/c1-36(21-7-9-22(10-8-21)41-31(32,33)34)25-23-5-3-2-4-20(23)6-11-24(25)27(37)35-26(28(38)39)29-13-18-12-19(14-29)16-30(40,15-18)17-29/h2-11,18-19,26,40H,12-17H2,1H3,(H,35,37)(H,38,39)/t18?,19?,26-,29?,30?/m1/s1. The van der Waals surface area contributed by atoms with Gasteiger partial charge in [0.1, 0.15) is 6.04 Å². The van der Waals surface area contributed by atoms with Crippen molar-refractivity contribution in [3.8, 4) is 0 Å². The van der Waals surface area contributed by atoms with E-state index in [0.717, 1.165) is 17.2 Å². The molecule has 216 valence electrons. The van der Waals surface area contributed by atoms with Crippen molar-refractivity contribution in [1.29, 1.82) is 0 Å². The molecule has 2 unspecified atom stereocenters. The van der Waals surface area contributed by atoms with Crippen molar-refractivity contribution in [1.82, 2.24) is 5.32 Å². The number of thioether (sulfide) groups is 1. The van der Waals surface area contributed by atoms with E-state index in [2.05, 4.69) is 5.32 Å². The van der Waals surface area contributed by atoms with Crippen LogP contribution in [0.15, 0.2) is 65.6 Å². The minimum atomic E-state index is -4.40. The second-order valence-electron chi connectivity index (χ2n) is 12.1. The molecule has 4 saturated carbocycles. The first-order valence-corrected chi connectivity index (χ1v) is 14.5. The lowest BCUT2D eigenvalue weighted by Crippen LogP contribution is -2.64. The molecule has 4 aliphatic rings. The summed E-state index contributed by atoms with van der Waals surface area (Å²) in [5.74, 6) is -1.16. The Morgan fingerprint density at radius 3 is 2.27 bits per heavy atom. The van der Waals surface area contributed by atoms with E-state index in [1.54, 1.807) is 36.2 Å². The Kier molecular flexibility index (Phi) is 6.77. The molecule has 0 aliphatic heterocycles. The van der Waals surface area contributed by atoms with Crippen LogP contribution < -0.4 is 10.2 Å². The average molecular weight is 585 g/mol. The van der Waals surface area contributed by atoms with Crippen LogP contribution in [-0.2, 0) is 4.79 Å². The molecule has 0 spiro atoms. The summed E-state index contributed by atoms with van der Waals surface area (Å²) in [4.78, 5) is 28.4. The minimum absolute atomic E-state index is 0.0482. The summed E-state index contributed by atoms with van der Waals surface area (Å²) in [6.07, 6.45) is 4.05. The fourth-order valence-electron chi connectivity index (χ4n) is 8.11. The summed E-state index contributed by atoms with van der Waals surface area (Å²) in [6, 6.07) is 15.6. The quantitative estimate of drug-likeness (QED) is 0.267. The monoisotopic (exact) mass is 584 g/mol. The average Bonchev–Trinajstić information content (AvgIpc) is 2.88. The first-order chi connectivity index (χ1) is 19.3. The van der Waals surface area contributed by atoms with Gasteiger partial charge >= 0.3 is 11.5 Å². The van der Waals surface area contributed by atoms with Crippen LogP contribution in [0.25, 0.3) is 10.8 Å². The SMILES string of the molecule is CN(c1ccc(SC(F)(F)F)cc1)c1c(C(=O)N[C@H](C(=O)O)C23CC4CC(CC(O)(C4)C2)C3)ccc2ccccc12. The number of fused-ring (bicyclic) bond motifs is 1. The Labute approximate surface area is 239 Å². The van der Waals surface area contributed by atoms with Crippen molar-refractivity contribution in [3.63, 3.8) is 0 Å². The molecule has 3 aromatic carbocycles. The highest BCUT2D eigenvalue weighted by atomic mass is 32.2. The highest BCUT2D eigenvalue weighted by molar-refractivity contribution is 8.00. The van der Waals surface area contributed by atoms with Gasteiger partial charge in [0.05, 0.1) is 16.9 Å². The van der Waals surface area contributed by atoms with E-state index in [-0.39, 0.29) is 34.1 Å². The van der Waals surface area contributed by atoms with Crippen molar-refractivity contribution in [2.75, 3.05) is 11.9 Å². The molecule has 1 amide bonds. The molecule has 10 heteroatoms. The smallest absolute Gasteiger partial charge is 0.446 e. The lowest BCUT2D eigenvalue weighted by atomic mass is 9.46. The second-order valence-corrected chi connectivity index (χ2v) is 13.2. The molecule has 4 aliphatic carbocycles. The number of carboxylic acid groups (broad SMARTS) is 1. The van der Waals surface area contributed by atoms with E-state index in [1.807, 2.05) is 24.3 Å². The number of hydrogen-bond donors (Lipinski definition) is 3. The van der Waals surface area contributed by atoms with Crippen LogP contribution in [0.5, 0.6) is 0 Å². The van der Waals surface area contributed by atoms with Gasteiger partial charge in [-0.25, -0.2) is 4.79 Å². The van der Waals surface area contributed by atoms with E-state index in [0.29, 0.717) is 43.5 Å². The number of carbonyl (C=O) groups is 2. The molecule has 41 heavy (non-hydrogen) atoms. The van der Waals surface area contributed by atoms with Gasteiger partial charge in [-0.3, -0.25) is 4.79 Å². The number of nitrogens with zero attached hydrogens (tertiary/aromatic N) is 1. The summed E-state index contributed by atoms with van der Waals surface area (Å²) in [5, 5.41) is 26.0. The summed E-state index contributed by atoms with van der Waals surface area (Å²) in [6.45, 7) is 0. The van der Waals surface area contributed by atoms with E-state index in [4.69, 9.17) is 0 Å². The number of carboxylic acids is 1. The number of amides is 1. The lowest BCUT2D eigenvalue weighted by molar-refractivity contribution is -0.181. The number of aliphatic carboxylic acids is 1. The summed E-state index contributed by atoms with van der Waals surface area (Å²) >= 11 is -0.196. The molecule has 0 aromatic heterocycles. The highest BCUT2D eigenvalue weighted by Crippen LogP contribution is 2.63. The van der Waals surface area contributed by atoms with Crippen molar-refractivity contribution in [3.05, 3.63) is 66.2 Å². The number of carbonyl (C=O) groups excluding carboxylic acids is 1. The van der Waals surface area contributed by atoms with Gasteiger partial charge in [0.15, 0.2) is 0 Å². The van der Waals surface area contributed by atoms with Gasteiger partial charge in [0.25, 0.3) is 5.91 Å². The zero-order valence-electron chi connectivity index (χ0n) is 22.4. The predicted molar refractivity (Wildman–Crippen MR) is 151 cm³/mol. The third kappa shape index (κ3) is 5.28. The zero-order chi connectivity index (χ0) is 29.2. The molecule has 4 fully saturated rings. The van der Waals surface area contributed by atoms with Crippen molar-refractivity contribution < 1.29 is 33.0 Å². The number of halogens is 3. The molecule has 3 atom stereocenters. The van der Waals surface area contributed by atoms with Crippen LogP contribution in [0.1, 0.15) is 48.9 Å². The summed E-state index contributed by atoms with van der Waals surface area (Å²) < 4.78 is 38.6. The van der Waals surface area contributed by atoms with Gasteiger partial charge in [-0.2, -0.15) is 13.2 Å². The van der Waals surface area contributed by atoms with Gasteiger partial charge in [0, 0.05) is 28.4 Å². The van der Waals surface area contributed by atoms with Crippen molar-refractivity contribution in [2.24, 2.45) is 17.3 Å². The maximum absolute atomic E-state index is 14.0. The van der Waals surface area contributed by atoms with Crippen LogP contribution in [0, 0.1) is 17.3 Å². The van der Waals surface area contributed by atoms with Crippen LogP contribution in [0.3, 0.4) is 0 Å².